The molecule has 1 heterocycles. The minimum absolute atomic E-state index is 0.199. The Hall–Kier alpha value is -2.30. The predicted octanol–water partition coefficient (Wildman–Crippen LogP) is 3.34. The summed E-state index contributed by atoms with van der Waals surface area (Å²) in [5, 5.41) is 8.22. The minimum Gasteiger partial charge on any atom is -0.326 e. The van der Waals surface area contributed by atoms with Crippen molar-refractivity contribution < 1.29 is 0 Å². The third-order valence-corrected chi connectivity index (χ3v) is 3.20. The lowest BCUT2D eigenvalue weighted by Crippen LogP contribution is -2.10. The molecule has 1 atom stereocenters. The van der Waals surface area contributed by atoms with Crippen molar-refractivity contribution in [2.45, 2.75) is 26.4 Å². The molecule has 0 bridgehead atoms. The number of hydrogen-bond donors (Lipinski definition) is 1. The van der Waals surface area contributed by atoms with Crippen LogP contribution in [0.2, 0.25) is 0 Å². The van der Waals surface area contributed by atoms with Gasteiger partial charge < -0.3 is 5.73 Å². The lowest BCUT2D eigenvalue weighted by atomic mass is 10.0. The van der Waals surface area contributed by atoms with E-state index in [0.717, 1.165) is 16.9 Å². The molecule has 6 heteroatoms. The zero-order chi connectivity index (χ0) is 14.5. The normalized spacial score (nSPS) is 12.2. The zero-order valence-electron chi connectivity index (χ0n) is 11.6. The highest BCUT2D eigenvalue weighted by Gasteiger charge is 2.19. The first-order valence-corrected chi connectivity index (χ1v) is 6.55. The molecule has 0 aliphatic carbocycles. The van der Waals surface area contributed by atoms with Crippen LogP contribution < -0.4 is 5.73 Å². The van der Waals surface area contributed by atoms with E-state index in [1.807, 2.05) is 44.2 Å². The van der Waals surface area contributed by atoms with E-state index >= 15 is 0 Å². The second-order valence-corrected chi connectivity index (χ2v) is 4.93. The SMILES string of the molecule is CC(C)C(N=[N+]=[N-])c1ccnn1-c1ccc(CN)cc1. The number of hydrogen-bond acceptors (Lipinski definition) is 3. The molecule has 0 aliphatic rings. The molecule has 1 unspecified atom stereocenters. The van der Waals surface area contributed by atoms with Crippen molar-refractivity contribution in [3.63, 3.8) is 0 Å². The van der Waals surface area contributed by atoms with Crippen molar-refractivity contribution in [1.82, 2.24) is 9.78 Å². The fourth-order valence-electron chi connectivity index (χ4n) is 2.12. The fraction of sp³-hybridized carbons (Fsp3) is 0.357. The maximum Gasteiger partial charge on any atom is 0.0822 e. The summed E-state index contributed by atoms with van der Waals surface area (Å²) < 4.78 is 1.81. The monoisotopic (exact) mass is 270 g/mol. The lowest BCUT2D eigenvalue weighted by Gasteiger charge is -2.17. The van der Waals surface area contributed by atoms with Gasteiger partial charge in [-0.05, 0) is 35.2 Å². The van der Waals surface area contributed by atoms with Crippen LogP contribution in [0.25, 0.3) is 16.1 Å². The molecular weight excluding hydrogens is 252 g/mol. The molecule has 1 aromatic heterocycles. The predicted molar refractivity (Wildman–Crippen MR) is 78.2 cm³/mol. The van der Waals surface area contributed by atoms with Crippen LogP contribution in [0.3, 0.4) is 0 Å². The second-order valence-electron chi connectivity index (χ2n) is 4.93. The Balaban J connectivity index is 2.43. The van der Waals surface area contributed by atoms with E-state index < -0.39 is 0 Å². The molecule has 0 radical (unpaired) electrons. The van der Waals surface area contributed by atoms with Crippen molar-refractivity contribution in [2.24, 2.45) is 16.8 Å². The molecule has 20 heavy (non-hydrogen) atoms. The molecule has 0 saturated heterocycles. The Bertz CT molecular complexity index is 607. The van der Waals surface area contributed by atoms with E-state index in [0.29, 0.717) is 6.54 Å². The first-order valence-electron chi connectivity index (χ1n) is 6.55. The van der Waals surface area contributed by atoms with Crippen LogP contribution in [0.1, 0.15) is 31.1 Å². The molecule has 0 spiro atoms. The quantitative estimate of drug-likeness (QED) is 0.512. The molecule has 6 nitrogen and oxygen atoms in total. The summed E-state index contributed by atoms with van der Waals surface area (Å²) in [7, 11) is 0. The summed E-state index contributed by atoms with van der Waals surface area (Å²) in [5.41, 5.74) is 17.2. The van der Waals surface area contributed by atoms with Crippen molar-refractivity contribution >= 4 is 0 Å². The molecule has 104 valence electrons. The largest absolute Gasteiger partial charge is 0.326 e. The smallest absolute Gasteiger partial charge is 0.0822 e. The number of rotatable bonds is 5. The van der Waals surface area contributed by atoms with Crippen LogP contribution in [0, 0.1) is 5.92 Å². The van der Waals surface area contributed by atoms with Crippen LogP contribution >= 0.6 is 0 Å². The Labute approximate surface area is 117 Å². The van der Waals surface area contributed by atoms with Crippen LogP contribution in [0.4, 0.5) is 0 Å². The number of azide groups is 1. The van der Waals surface area contributed by atoms with Gasteiger partial charge in [0, 0.05) is 17.7 Å². The Morgan fingerprint density at radius 2 is 2.00 bits per heavy atom. The summed E-state index contributed by atoms with van der Waals surface area (Å²) in [6, 6.07) is 9.52. The Morgan fingerprint density at radius 3 is 2.55 bits per heavy atom. The van der Waals surface area contributed by atoms with Crippen LogP contribution in [0.15, 0.2) is 41.6 Å². The lowest BCUT2D eigenvalue weighted by molar-refractivity contribution is 0.489. The van der Waals surface area contributed by atoms with E-state index in [4.69, 9.17) is 11.3 Å². The molecule has 1 aromatic carbocycles. The molecule has 2 rings (SSSR count). The van der Waals surface area contributed by atoms with Crippen molar-refractivity contribution in [3.8, 4) is 5.69 Å². The van der Waals surface area contributed by atoms with Crippen molar-refractivity contribution in [2.75, 3.05) is 0 Å². The highest BCUT2D eigenvalue weighted by molar-refractivity contribution is 5.36. The Morgan fingerprint density at radius 1 is 1.30 bits per heavy atom. The van der Waals surface area contributed by atoms with Crippen LogP contribution in [-0.4, -0.2) is 9.78 Å². The van der Waals surface area contributed by atoms with Crippen molar-refractivity contribution in [1.29, 1.82) is 0 Å². The molecule has 0 saturated carbocycles. The van der Waals surface area contributed by atoms with Crippen LogP contribution in [-0.2, 0) is 6.54 Å². The van der Waals surface area contributed by atoms with E-state index in [-0.39, 0.29) is 12.0 Å². The van der Waals surface area contributed by atoms with E-state index in [2.05, 4.69) is 15.1 Å². The van der Waals surface area contributed by atoms with Gasteiger partial charge in [-0.25, -0.2) is 4.68 Å². The van der Waals surface area contributed by atoms with E-state index in [1.54, 1.807) is 10.9 Å². The van der Waals surface area contributed by atoms with Gasteiger partial charge in [-0.2, -0.15) is 5.10 Å². The van der Waals surface area contributed by atoms with Crippen molar-refractivity contribution in [3.05, 3.63) is 58.2 Å². The maximum absolute atomic E-state index is 8.73. The number of nitrogens with zero attached hydrogens (tertiary/aromatic N) is 5. The zero-order valence-corrected chi connectivity index (χ0v) is 11.6. The van der Waals surface area contributed by atoms with E-state index in [1.165, 1.54) is 0 Å². The van der Waals surface area contributed by atoms with Gasteiger partial charge in [0.15, 0.2) is 0 Å². The van der Waals surface area contributed by atoms with E-state index in [9.17, 15) is 0 Å². The Kier molecular flexibility index (Phi) is 4.40. The average molecular weight is 270 g/mol. The van der Waals surface area contributed by atoms with Gasteiger partial charge in [-0.1, -0.05) is 31.1 Å². The van der Waals surface area contributed by atoms with Crippen LogP contribution in [0.5, 0.6) is 0 Å². The third kappa shape index (κ3) is 2.82. The summed E-state index contributed by atoms with van der Waals surface area (Å²) in [6.07, 6.45) is 1.72. The van der Waals surface area contributed by atoms with Gasteiger partial charge >= 0.3 is 0 Å². The first kappa shape index (κ1) is 14.1. The van der Waals surface area contributed by atoms with Gasteiger partial charge in [0.25, 0.3) is 0 Å². The van der Waals surface area contributed by atoms with Gasteiger partial charge in [0.2, 0.25) is 0 Å². The molecule has 2 N–H and O–H groups in total. The number of benzene rings is 1. The highest BCUT2D eigenvalue weighted by atomic mass is 15.3. The summed E-state index contributed by atoms with van der Waals surface area (Å²) in [4.78, 5) is 2.94. The topological polar surface area (TPSA) is 92.6 Å². The standard InChI is InChI=1S/C14H18N6/c1-10(2)14(18-19-16)13-7-8-17-20(13)12-5-3-11(9-15)4-6-12/h3-8,10,14H,9,15H2,1-2H3. The average Bonchev–Trinajstić information content (AvgIpc) is 2.93. The summed E-state index contributed by atoms with van der Waals surface area (Å²) >= 11 is 0. The number of nitrogens with two attached hydrogens (primary N) is 1. The first-order chi connectivity index (χ1) is 9.67. The maximum atomic E-state index is 8.73. The summed E-state index contributed by atoms with van der Waals surface area (Å²) in [6.45, 7) is 4.56. The highest BCUT2D eigenvalue weighted by Crippen LogP contribution is 2.27. The molecule has 0 fully saturated rings. The molecular formula is C14H18N6. The summed E-state index contributed by atoms with van der Waals surface area (Å²) in [5.74, 6) is 0.199. The molecule has 2 aromatic rings. The van der Waals surface area contributed by atoms with Gasteiger partial charge in [-0.3, -0.25) is 0 Å². The second kappa shape index (κ2) is 6.23. The minimum atomic E-state index is -0.239. The van der Waals surface area contributed by atoms with Gasteiger partial charge in [0.05, 0.1) is 17.4 Å². The molecule has 0 amide bonds. The molecule has 0 aliphatic heterocycles. The fourth-order valence-corrected chi connectivity index (χ4v) is 2.12. The number of aromatic nitrogens is 2. The third-order valence-electron chi connectivity index (χ3n) is 3.20. The van der Waals surface area contributed by atoms with Gasteiger partial charge in [0.1, 0.15) is 0 Å². The van der Waals surface area contributed by atoms with Gasteiger partial charge in [-0.15, -0.1) is 0 Å².